The number of aliphatic hydroxyl groups excluding tert-OH is 1. The average Bonchev–Trinajstić information content (AvgIpc) is 2.33. The summed E-state index contributed by atoms with van der Waals surface area (Å²) in [5.41, 5.74) is 0.894. The van der Waals surface area contributed by atoms with Gasteiger partial charge in [-0.3, -0.25) is 0 Å². The second-order valence-corrected chi connectivity index (χ2v) is 4.33. The third kappa shape index (κ3) is 4.48. The molecule has 0 radical (unpaired) electrons. The van der Waals surface area contributed by atoms with Crippen molar-refractivity contribution in [3.05, 3.63) is 16.5 Å². The third-order valence-corrected chi connectivity index (χ3v) is 2.94. The number of hydrogen-bond acceptors (Lipinski definition) is 4. The van der Waals surface area contributed by atoms with Crippen LogP contribution >= 0.6 is 11.6 Å². The van der Waals surface area contributed by atoms with Gasteiger partial charge >= 0.3 is 0 Å². The number of rotatable bonds is 7. The second-order valence-electron chi connectivity index (χ2n) is 3.97. The molecule has 0 atom stereocenters. The van der Waals surface area contributed by atoms with Crippen LogP contribution in [-0.2, 0) is 6.42 Å². The van der Waals surface area contributed by atoms with Crippen molar-refractivity contribution in [2.75, 3.05) is 18.5 Å². The zero-order valence-electron chi connectivity index (χ0n) is 10.5. The highest BCUT2D eigenvalue weighted by Crippen LogP contribution is 2.20. The molecule has 1 aromatic rings. The minimum atomic E-state index is 0.262. The van der Waals surface area contributed by atoms with Crippen LogP contribution in [0.2, 0.25) is 5.15 Å². The van der Waals surface area contributed by atoms with Crippen molar-refractivity contribution in [1.29, 1.82) is 0 Å². The summed E-state index contributed by atoms with van der Waals surface area (Å²) in [7, 11) is 0. The number of aryl methyl sites for hydroxylation is 1. The molecule has 0 spiro atoms. The Labute approximate surface area is 107 Å². The Morgan fingerprint density at radius 2 is 2.00 bits per heavy atom. The number of unbranched alkanes of at least 4 members (excludes halogenated alkanes) is 2. The quantitative estimate of drug-likeness (QED) is 0.582. The highest BCUT2D eigenvalue weighted by atomic mass is 35.5. The molecule has 4 nitrogen and oxygen atoms in total. The van der Waals surface area contributed by atoms with Gasteiger partial charge in [-0.05, 0) is 26.2 Å². The van der Waals surface area contributed by atoms with Crippen molar-refractivity contribution in [3.63, 3.8) is 0 Å². The summed E-state index contributed by atoms with van der Waals surface area (Å²) in [5.74, 6) is 1.59. The van der Waals surface area contributed by atoms with Gasteiger partial charge in [-0.2, -0.15) is 0 Å². The molecule has 1 rings (SSSR count). The SMILES string of the molecule is CCc1nc(Cl)c(C)c(NCCCCCO)n1. The second kappa shape index (κ2) is 7.45. The number of halogens is 1. The van der Waals surface area contributed by atoms with Crippen molar-refractivity contribution in [1.82, 2.24) is 9.97 Å². The van der Waals surface area contributed by atoms with E-state index in [0.717, 1.165) is 49.4 Å². The van der Waals surface area contributed by atoms with Crippen molar-refractivity contribution in [3.8, 4) is 0 Å². The molecular formula is C12H20ClN3O. The lowest BCUT2D eigenvalue weighted by atomic mass is 10.2. The fraction of sp³-hybridized carbons (Fsp3) is 0.667. The van der Waals surface area contributed by atoms with Gasteiger partial charge in [-0.15, -0.1) is 0 Å². The van der Waals surface area contributed by atoms with Gasteiger partial charge in [0.05, 0.1) is 0 Å². The maximum atomic E-state index is 8.67. The molecule has 0 bridgehead atoms. The van der Waals surface area contributed by atoms with E-state index in [-0.39, 0.29) is 6.61 Å². The highest BCUT2D eigenvalue weighted by molar-refractivity contribution is 6.30. The molecule has 0 unspecified atom stereocenters. The van der Waals surface area contributed by atoms with Crippen LogP contribution in [0.4, 0.5) is 5.82 Å². The van der Waals surface area contributed by atoms with Gasteiger partial charge in [0.15, 0.2) is 0 Å². The molecule has 1 heterocycles. The van der Waals surface area contributed by atoms with Crippen molar-refractivity contribution < 1.29 is 5.11 Å². The van der Waals surface area contributed by atoms with Gasteiger partial charge < -0.3 is 10.4 Å². The molecule has 0 fully saturated rings. The first-order valence-corrected chi connectivity index (χ1v) is 6.44. The maximum absolute atomic E-state index is 8.67. The smallest absolute Gasteiger partial charge is 0.137 e. The van der Waals surface area contributed by atoms with Crippen LogP contribution in [-0.4, -0.2) is 28.2 Å². The standard InChI is InChI=1S/C12H20ClN3O/c1-3-10-15-11(13)9(2)12(16-10)14-7-5-4-6-8-17/h17H,3-8H2,1-2H3,(H,14,15,16). The minimum absolute atomic E-state index is 0.262. The molecule has 2 N–H and O–H groups in total. The van der Waals surface area contributed by atoms with E-state index in [4.69, 9.17) is 16.7 Å². The first-order valence-electron chi connectivity index (χ1n) is 6.06. The number of hydrogen-bond donors (Lipinski definition) is 2. The number of aromatic nitrogens is 2. The van der Waals surface area contributed by atoms with Gasteiger partial charge in [0.25, 0.3) is 0 Å². The molecule has 0 amide bonds. The molecule has 0 saturated carbocycles. The van der Waals surface area contributed by atoms with Crippen molar-refractivity contribution in [2.24, 2.45) is 0 Å². The average molecular weight is 258 g/mol. The van der Waals surface area contributed by atoms with Crippen molar-refractivity contribution >= 4 is 17.4 Å². The zero-order chi connectivity index (χ0) is 12.7. The van der Waals surface area contributed by atoms with E-state index in [1.165, 1.54) is 0 Å². The Kier molecular flexibility index (Phi) is 6.22. The summed E-state index contributed by atoms with van der Waals surface area (Å²) in [6.45, 7) is 5.03. The van der Waals surface area contributed by atoms with E-state index < -0.39 is 0 Å². The fourth-order valence-electron chi connectivity index (χ4n) is 1.48. The lowest BCUT2D eigenvalue weighted by Gasteiger charge is -2.10. The summed E-state index contributed by atoms with van der Waals surface area (Å²) in [4.78, 5) is 8.60. The summed E-state index contributed by atoms with van der Waals surface area (Å²) in [6.07, 6.45) is 3.66. The molecule has 5 heteroatoms. The molecular weight excluding hydrogens is 238 g/mol. The predicted octanol–water partition coefficient (Wildman–Crippen LogP) is 2.58. The number of nitrogens with zero attached hydrogens (tertiary/aromatic N) is 2. The van der Waals surface area contributed by atoms with E-state index in [1.807, 2.05) is 13.8 Å². The number of nitrogens with one attached hydrogen (secondary N) is 1. The van der Waals surface area contributed by atoms with Gasteiger partial charge in [0.2, 0.25) is 0 Å². The Morgan fingerprint density at radius 3 is 2.65 bits per heavy atom. The summed E-state index contributed by atoms with van der Waals surface area (Å²) >= 11 is 6.04. The van der Waals surface area contributed by atoms with Gasteiger partial charge in [-0.25, -0.2) is 9.97 Å². The van der Waals surface area contributed by atoms with Crippen LogP contribution in [0.3, 0.4) is 0 Å². The summed E-state index contributed by atoms with van der Waals surface area (Å²) < 4.78 is 0. The van der Waals surface area contributed by atoms with Gasteiger partial charge in [0, 0.05) is 25.1 Å². The fourth-order valence-corrected chi connectivity index (χ4v) is 1.67. The first kappa shape index (κ1) is 14.2. The molecule has 17 heavy (non-hydrogen) atoms. The van der Waals surface area contributed by atoms with Gasteiger partial charge in [0.1, 0.15) is 16.8 Å². The van der Waals surface area contributed by atoms with E-state index >= 15 is 0 Å². The van der Waals surface area contributed by atoms with E-state index in [2.05, 4.69) is 15.3 Å². The first-order chi connectivity index (χ1) is 8.19. The Bertz CT molecular complexity index is 358. The lowest BCUT2D eigenvalue weighted by Crippen LogP contribution is -2.08. The van der Waals surface area contributed by atoms with Crippen molar-refractivity contribution in [2.45, 2.75) is 39.5 Å². The summed E-state index contributed by atoms with van der Waals surface area (Å²) in [6, 6.07) is 0. The van der Waals surface area contributed by atoms with E-state index in [1.54, 1.807) is 0 Å². The molecule has 0 aliphatic heterocycles. The minimum Gasteiger partial charge on any atom is -0.396 e. The normalized spacial score (nSPS) is 10.6. The van der Waals surface area contributed by atoms with Crippen LogP contribution in [0.15, 0.2) is 0 Å². The highest BCUT2D eigenvalue weighted by Gasteiger charge is 2.07. The molecule has 0 aliphatic rings. The monoisotopic (exact) mass is 257 g/mol. The van der Waals surface area contributed by atoms with Crippen LogP contribution < -0.4 is 5.32 Å². The number of aliphatic hydroxyl groups is 1. The Morgan fingerprint density at radius 1 is 1.24 bits per heavy atom. The topological polar surface area (TPSA) is 58.0 Å². The van der Waals surface area contributed by atoms with E-state index in [0.29, 0.717) is 5.15 Å². The summed E-state index contributed by atoms with van der Waals surface area (Å²) in [5, 5.41) is 12.5. The molecule has 96 valence electrons. The third-order valence-electron chi connectivity index (χ3n) is 2.58. The molecule has 1 aromatic heterocycles. The largest absolute Gasteiger partial charge is 0.396 e. The lowest BCUT2D eigenvalue weighted by molar-refractivity contribution is 0.283. The van der Waals surface area contributed by atoms with Crippen LogP contribution in [0.1, 0.15) is 37.6 Å². The Hall–Kier alpha value is -0.870. The van der Waals surface area contributed by atoms with Crippen LogP contribution in [0, 0.1) is 6.92 Å². The van der Waals surface area contributed by atoms with Crippen LogP contribution in [0.5, 0.6) is 0 Å². The Balaban J connectivity index is 2.54. The molecule has 0 aliphatic carbocycles. The van der Waals surface area contributed by atoms with Gasteiger partial charge in [-0.1, -0.05) is 18.5 Å². The maximum Gasteiger partial charge on any atom is 0.137 e. The zero-order valence-corrected chi connectivity index (χ0v) is 11.2. The molecule has 0 aromatic carbocycles. The van der Waals surface area contributed by atoms with E-state index in [9.17, 15) is 0 Å². The number of anilines is 1. The predicted molar refractivity (Wildman–Crippen MR) is 70.6 cm³/mol. The van der Waals surface area contributed by atoms with Crippen LogP contribution in [0.25, 0.3) is 0 Å². The molecule has 0 saturated heterocycles.